The second-order valence-corrected chi connectivity index (χ2v) is 4.78. The van der Waals surface area contributed by atoms with Gasteiger partial charge in [-0.05, 0) is 32.6 Å². The summed E-state index contributed by atoms with van der Waals surface area (Å²) in [4.78, 5) is 10.7. The summed E-state index contributed by atoms with van der Waals surface area (Å²) in [5.41, 5.74) is 0. The molecule has 0 radical (unpaired) electrons. The largest absolute Gasteiger partial charge is 0.463 e. The van der Waals surface area contributed by atoms with Crippen LogP contribution in [-0.4, -0.2) is 12.1 Å². The minimum atomic E-state index is -0.171. The van der Waals surface area contributed by atoms with E-state index in [0.717, 1.165) is 19.3 Å². The molecule has 2 heteroatoms. The van der Waals surface area contributed by atoms with Crippen molar-refractivity contribution in [3.63, 3.8) is 0 Å². The van der Waals surface area contributed by atoms with Crippen LogP contribution in [0.1, 0.15) is 65.2 Å². The second kappa shape index (κ2) is 12.4. The number of carbonyl (C=O) groups excluding carboxylic acids is 1. The fraction of sp³-hybridized carbons (Fsp3) is 0.688. The highest BCUT2D eigenvalue weighted by Gasteiger charge is 2.04. The predicted octanol–water partition coefficient (Wildman–Crippen LogP) is 4.80. The SMILES string of the molecule is C=CC=CCCCCCCCCC(C)OC(C)=O. The molecule has 0 rings (SSSR count). The number of rotatable bonds is 11. The highest BCUT2D eigenvalue weighted by molar-refractivity contribution is 5.66. The van der Waals surface area contributed by atoms with E-state index in [1.54, 1.807) is 0 Å². The Balaban J connectivity index is 3.18. The fourth-order valence-electron chi connectivity index (χ4n) is 1.94. The van der Waals surface area contributed by atoms with Crippen LogP contribution in [0.25, 0.3) is 0 Å². The first-order chi connectivity index (χ1) is 8.66. The van der Waals surface area contributed by atoms with Gasteiger partial charge in [0.05, 0.1) is 6.10 Å². The monoisotopic (exact) mass is 252 g/mol. The predicted molar refractivity (Wildman–Crippen MR) is 77.5 cm³/mol. The van der Waals surface area contributed by atoms with Gasteiger partial charge in [-0.25, -0.2) is 0 Å². The van der Waals surface area contributed by atoms with Gasteiger partial charge in [0.15, 0.2) is 0 Å². The Kier molecular flexibility index (Phi) is 11.7. The summed E-state index contributed by atoms with van der Waals surface area (Å²) in [6.07, 6.45) is 15.8. The first-order valence-electron chi connectivity index (χ1n) is 7.11. The zero-order valence-corrected chi connectivity index (χ0v) is 12.0. The van der Waals surface area contributed by atoms with E-state index in [2.05, 4.69) is 12.7 Å². The van der Waals surface area contributed by atoms with Crippen LogP contribution in [0.2, 0.25) is 0 Å². The third-order valence-electron chi connectivity index (χ3n) is 2.87. The smallest absolute Gasteiger partial charge is 0.302 e. The van der Waals surface area contributed by atoms with Crippen molar-refractivity contribution in [1.29, 1.82) is 0 Å². The summed E-state index contributed by atoms with van der Waals surface area (Å²) in [6.45, 7) is 7.08. The van der Waals surface area contributed by atoms with Gasteiger partial charge in [-0.1, -0.05) is 50.5 Å². The number of hydrogen-bond acceptors (Lipinski definition) is 2. The molecule has 1 atom stereocenters. The molecule has 1 unspecified atom stereocenters. The number of carbonyl (C=O) groups is 1. The molecule has 0 saturated carbocycles. The lowest BCUT2D eigenvalue weighted by Crippen LogP contribution is -2.11. The maximum Gasteiger partial charge on any atom is 0.302 e. The van der Waals surface area contributed by atoms with Crippen molar-refractivity contribution in [2.24, 2.45) is 0 Å². The van der Waals surface area contributed by atoms with E-state index in [1.165, 1.54) is 39.0 Å². The van der Waals surface area contributed by atoms with Gasteiger partial charge in [0.25, 0.3) is 0 Å². The molecule has 104 valence electrons. The minimum absolute atomic E-state index is 0.0755. The van der Waals surface area contributed by atoms with Crippen molar-refractivity contribution < 1.29 is 9.53 Å². The first-order valence-corrected chi connectivity index (χ1v) is 7.11. The van der Waals surface area contributed by atoms with Crippen LogP contribution in [0.5, 0.6) is 0 Å². The Labute approximate surface area is 112 Å². The average Bonchev–Trinajstić information content (AvgIpc) is 2.30. The number of allylic oxidation sites excluding steroid dienone is 3. The molecule has 0 bridgehead atoms. The quantitative estimate of drug-likeness (QED) is 0.300. The van der Waals surface area contributed by atoms with Crippen molar-refractivity contribution in [3.05, 3.63) is 24.8 Å². The summed E-state index contributed by atoms with van der Waals surface area (Å²) in [5.74, 6) is -0.171. The summed E-state index contributed by atoms with van der Waals surface area (Å²) >= 11 is 0. The van der Waals surface area contributed by atoms with Crippen molar-refractivity contribution >= 4 is 5.97 Å². The Morgan fingerprint density at radius 1 is 1.17 bits per heavy atom. The minimum Gasteiger partial charge on any atom is -0.463 e. The van der Waals surface area contributed by atoms with Crippen LogP contribution in [0, 0.1) is 0 Å². The van der Waals surface area contributed by atoms with Crippen LogP contribution in [0.15, 0.2) is 24.8 Å². The Bertz CT molecular complexity index is 243. The molecule has 0 aliphatic carbocycles. The topological polar surface area (TPSA) is 26.3 Å². The molecule has 0 aromatic rings. The number of unbranched alkanes of at least 4 members (excludes halogenated alkanes) is 6. The Hall–Kier alpha value is -1.05. The van der Waals surface area contributed by atoms with Gasteiger partial charge in [0.2, 0.25) is 0 Å². The lowest BCUT2D eigenvalue weighted by Gasteiger charge is -2.10. The molecule has 0 spiro atoms. The van der Waals surface area contributed by atoms with E-state index < -0.39 is 0 Å². The standard InChI is InChI=1S/C16H28O2/c1-4-5-6-7-8-9-10-11-12-13-14-15(2)18-16(3)17/h4-6,15H,1,7-14H2,2-3H3. The molecule has 18 heavy (non-hydrogen) atoms. The summed E-state index contributed by atoms with van der Waals surface area (Å²) < 4.78 is 5.08. The molecule has 0 aliphatic heterocycles. The molecule has 0 amide bonds. The molecular weight excluding hydrogens is 224 g/mol. The van der Waals surface area contributed by atoms with Gasteiger partial charge in [-0.2, -0.15) is 0 Å². The van der Waals surface area contributed by atoms with Crippen molar-refractivity contribution in [1.82, 2.24) is 0 Å². The molecule has 0 aliphatic rings. The van der Waals surface area contributed by atoms with Crippen molar-refractivity contribution in [2.45, 2.75) is 71.3 Å². The van der Waals surface area contributed by atoms with Gasteiger partial charge in [0, 0.05) is 6.92 Å². The van der Waals surface area contributed by atoms with Crippen LogP contribution >= 0.6 is 0 Å². The molecule has 0 saturated heterocycles. The maximum atomic E-state index is 10.7. The summed E-state index contributed by atoms with van der Waals surface area (Å²) in [5, 5.41) is 0. The highest BCUT2D eigenvalue weighted by atomic mass is 16.5. The van der Waals surface area contributed by atoms with Crippen LogP contribution in [0.4, 0.5) is 0 Å². The van der Waals surface area contributed by atoms with Gasteiger partial charge in [-0.15, -0.1) is 0 Å². The van der Waals surface area contributed by atoms with E-state index in [9.17, 15) is 4.79 Å². The van der Waals surface area contributed by atoms with Crippen molar-refractivity contribution in [2.75, 3.05) is 0 Å². The summed E-state index contributed by atoms with van der Waals surface area (Å²) in [6, 6.07) is 0. The third-order valence-corrected chi connectivity index (χ3v) is 2.87. The molecule has 0 N–H and O–H groups in total. The van der Waals surface area contributed by atoms with Gasteiger partial charge in [-0.3, -0.25) is 4.79 Å². The fourth-order valence-corrected chi connectivity index (χ4v) is 1.94. The number of esters is 1. The molecule has 2 nitrogen and oxygen atoms in total. The number of ether oxygens (including phenoxy) is 1. The van der Waals surface area contributed by atoms with Gasteiger partial charge >= 0.3 is 5.97 Å². The van der Waals surface area contributed by atoms with Crippen LogP contribution in [0.3, 0.4) is 0 Å². The van der Waals surface area contributed by atoms with Gasteiger partial charge < -0.3 is 4.74 Å². The molecule has 0 fully saturated rings. The molecule has 0 aromatic carbocycles. The molecule has 0 heterocycles. The van der Waals surface area contributed by atoms with E-state index in [4.69, 9.17) is 4.74 Å². The maximum absolute atomic E-state index is 10.7. The highest BCUT2D eigenvalue weighted by Crippen LogP contribution is 2.11. The van der Waals surface area contributed by atoms with E-state index in [0.29, 0.717) is 0 Å². The van der Waals surface area contributed by atoms with E-state index in [1.807, 2.05) is 19.1 Å². The van der Waals surface area contributed by atoms with E-state index in [-0.39, 0.29) is 12.1 Å². The lowest BCUT2D eigenvalue weighted by atomic mass is 10.1. The van der Waals surface area contributed by atoms with Crippen molar-refractivity contribution in [3.8, 4) is 0 Å². The second-order valence-electron chi connectivity index (χ2n) is 4.78. The molecular formula is C16H28O2. The van der Waals surface area contributed by atoms with Crippen LogP contribution in [-0.2, 0) is 9.53 Å². The van der Waals surface area contributed by atoms with Crippen LogP contribution < -0.4 is 0 Å². The normalized spacial score (nSPS) is 12.6. The molecule has 0 aromatic heterocycles. The lowest BCUT2D eigenvalue weighted by molar-refractivity contribution is -0.145. The average molecular weight is 252 g/mol. The number of hydrogen-bond donors (Lipinski definition) is 0. The Morgan fingerprint density at radius 2 is 1.78 bits per heavy atom. The third kappa shape index (κ3) is 13.0. The zero-order chi connectivity index (χ0) is 13.6. The summed E-state index contributed by atoms with van der Waals surface area (Å²) in [7, 11) is 0. The van der Waals surface area contributed by atoms with E-state index >= 15 is 0 Å². The Morgan fingerprint density at radius 3 is 2.39 bits per heavy atom. The van der Waals surface area contributed by atoms with Gasteiger partial charge in [0.1, 0.15) is 0 Å². The first kappa shape index (κ1) is 16.9. The zero-order valence-electron chi connectivity index (χ0n) is 12.0.